The Morgan fingerprint density at radius 1 is 1.08 bits per heavy atom. The average molecular weight is 334 g/mol. The van der Waals surface area contributed by atoms with Gasteiger partial charge in [0.05, 0.1) is 0 Å². The van der Waals surface area contributed by atoms with Crippen molar-refractivity contribution in [1.29, 1.82) is 0 Å². The number of amides is 2. The lowest BCUT2D eigenvalue weighted by atomic mass is 10.2. The van der Waals surface area contributed by atoms with Crippen LogP contribution in [0.4, 0.5) is 10.5 Å². The number of pyridine rings is 1. The van der Waals surface area contributed by atoms with E-state index < -0.39 is 0 Å². The summed E-state index contributed by atoms with van der Waals surface area (Å²) in [7, 11) is 0. The molecule has 0 fully saturated rings. The molecule has 3 rings (SSSR count). The van der Waals surface area contributed by atoms with E-state index in [2.05, 4.69) is 10.3 Å². The molecule has 1 N–H and O–H groups in total. The number of hydrogen-bond donors (Lipinski definition) is 1. The standard InChI is InChI=1S/C20H22N4O/c1-2-23(16-11-17-9-12-21-13-10-17)20(25)22-18-5-7-19(8-6-18)24-14-3-4-15-24/h3-10,12-15H,2,11,16H2,1H3,(H,22,25). The number of aromatic nitrogens is 2. The first kappa shape index (κ1) is 16.8. The van der Waals surface area contributed by atoms with E-state index in [1.54, 1.807) is 17.3 Å². The zero-order valence-electron chi connectivity index (χ0n) is 14.3. The molecule has 0 aliphatic heterocycles. The monoisotopic (exact) mass is 334 g/mol. The normalized spacial score (nSPS) is 10.4. The number of nitrogens with one attached hydrogen (secondary N) is 1. The summed E-state index contributed by atoms with van der Waals surface area (Å²) in [5.74, 6) is 0. The van der Waals surface area contributed by atoms with Crippen LogP contribution in [0.25, 0.3) is 5.69 Å². The van der Waals surface area contributed by atoms with Gasteiger partial charge in [-0.05, 0) is 67.4 Å². The van der Waals surface area contributed by atoms with E-state index in [0.29, 0.717) is 13.1 Å². The van der Waals surface area contributed by atoms with Crippen LogP contribution < -0.4 is 5.32 Å². The lowest BCUT2D eigenvalue weighted by Gasteiger charge is -2.21. The third-order valence-corrected chi connectivity index (χ3v) is 4.11. The molecule has 0 unspecified atom stereocenters. The van der Waals surface area contributed by atoms with Crippen LogP contribution >= 0.6 is 0 Å². The van der Waals surface area contributed by atoms with Crippen molar-refractivity contribution in [2.45, 2.75) is 13.3 Å². The summed E-state index contributed by atoms with van der Waals surface area (Å²) in [5.41, 5.74) is 3.04. The summed E-state index contributed by atoms with van der Waals surface area (Å²) in [6.07, 6.45) is 8.35. The quantitative estimate of drug-likeness (QED) is 0.741. The molecule has 2 aromatic heterocycles. The molecule has 5 heteroatoms. The minimum absolute atomic E-state index is 0.0785. The highest BCUT2D eigenvalue weighted by molar-refractivity contribution is 5.89. The summed E-state index contributed by atoms with van der Waals surface area (Å²) in [6, 6.07) is 15.7. The molecule has 0 saturated heterocycles. The molecule has 0 aliphatic carbocycles. The SMILES string of the molecule is CCN(CCc1ccncc1)C(=O)Nc1ccc(-n2cccc2)cc1. The Hall–Kier alpha value is -3.08. The van der Waals surface area contributed by atoms with Gasteiger partial charge in [0.25, 0.3) is 0 Å². The minimum Gasteiger partial charge on any atom is -0.324 e. The second-order valence-corrected chi connectivity index (χ2v) is 5.75. The second kappa shape index (κ2) is 8.15. The topological polar surface area (TPSA) is 50.2 Å². The Morgan fingerprint density at radius 3 is 2.40 bits per heavy atom. The van der Waals surface area contributed by atoms with Crippen LogP contribution in [0.15, 0.2) is 73.3 Å². The third-order valence-electron chi connectivity index (χ3n) is 4.11. The Morgan fingerprint density at radius 2 is 1.76 bits per heavy atom. The molecular formula is C20H22N4O. The van der Waals surface area contributed by atoms with E-state index in [4.69, 9.17) is 0 Å². The van der Waals surface area contributed by atoms with Crippen molar-refractivity contribution in [2.75, 3.05) is 18.4 Å². The van der Waals surface area contributed by atoms with Gasteiger partial charge in [-0.2, -0.15) is 0 Å². The minimum atomic E-state index is -0.0785. The van der Waals surface area contributed by atoms with Gasteiger partial charge in [0, 0.05) is 49.3 Å². The number of carbonyl (C=O) groups excluding carboxylic acids is 1. The number of benzene rings is 1. The fourth-order valence-electron chi connectivity index (χ4n) is 2.64. The summed E-state index contributed by atoms with van der Waals surface area (Å²) >= 11 is 0. The molecule has 128 valence electrons. The highest BCUT2D eigenvalue weighted by atomic mass is 16.2. The number of nitrogens with zero attached hydrogens (tertiary/aromatic N) is 3. The summed E-state index contributed by atoms with van der Waals surface area (Å²) in [6.45, 7) is 3.33. The Bertz CT molecular complexity index is 782. The third kappa shape index (κ3) is 4.47. The summed E-state index contributed by atoms with van der Waals surface area (Å²) in [4.78, 5) is 18.3. The Kier molecular flexibility index (Phi) is 5.46. The molecule has 0 aliphatic rings. The lowest BCUT2D eigenvalue weighted by molar-refractivity contribution is 0.215. The number of hydrogen-bond acceptors (Lipinski definition) is 2. The Balaban J connectivity index is 1.58. The largest absolute Gasteiger partial charge is 0.324 e. The van der Waals surface area contributed by atoms with Gasteiger partial charge >= 0.3 is 6.03 Å². The number of urea groups is 1. The molecular weight excluding hydrogens is 312 g/mol. The first-order valence-electron chi connectivity index (χ1n) is 8.44. The molecule has 2 heterocycles. The number of likely N-dealkylation sites (N-methyl/N-ethyl adjacent to an activating group) is 1. The molecule has 1 aromatic carbocycles. The molecule has 25 heavy (non-hydrogen) atoms. The molecule has 0 spiro atoms. The van der Waals surface area contributed by atoms with Crippen molar-refractivity contribution in [3.8, 4) is 5.69 Å². The lowest BCUT2D eigenvalue weighted by Crippen LogP contribution is -2.36. The van der Waals surface area contributed by atoms with Crippen molar-refractivity contribution in [3.63, 3.8) is 0 Å². The van der Waals surface area contributed by atoms with Crippen molar-refractivity contribution in [2.24, 2.45) is 0 Å². The fraction of sp³-hybridized carbons (Fsp3) is 0.200. The summed E-state index contributed by atoms with van der Waals surface area (Å²) < 4.78 is 2.03. The van der Waals surface area contributed by atoms with Crippen LogP contribution in [0.1, 0.15) is 12.5 Å². The van der Waals surface area contributed by atoms with E-state index in [1.165, 1.54) is 5.56 Å². The zero-order chi connectivity index (χ0) is 17.5. The highest BCUT2D eigenvalue weighted by Gasteiger charge is 2.11. The maximum Gasteiger partial charge on any atom is 0.321 e. The van der Waals surface area contributed by atoms with E-state index in [1.807, 2.05) is 72.4 Å². The maximum absolute atomic E-state index is 12.5. The van der Waals surface area contributed by atoms with Gasteiger partial charge in [0.1, 0.15) is 0 Å². The van der Waals surface area contributed by atoms with Crippen LogP contribution in [0.3, 0.4) is 0 Å². The van der Waals surface area contributed by atoms with Gasteiger partial charge in [-0.15, -0.1) is 0 Å². The second-order valence-electron chi connectivity index (χ2n) is 5.75. The van der Waals surface area contributed by atoms with E-state index in [9.17, 15) is 4.79 Å². The van der Waals surface area contributed by atoms with Crippen LogP contribution in [0.5, 0.6) is 0 Å². The van der Waals surface area contributed by atoms with Crippen molar-refractivity contribution in [1.82, 2.24) is 14.5 Å². The van der Waals surface area contributed by atoms with Gasteiger partial charge in [0.2, 0.25) is 0 Å². The first-order valence-corrected chi connectivity index (χ1v) is 8.44. The zero-order valence-corrected chi connectivity index (χ0v) is 14.3. The first-order chi connectivity index (χ1) is 12.3. The van der Waals surface area contributed by atoms with Crippen molar-refractivity contribution < 1.29 is 4.79 Å². The van der Waals surface area contributed by atoms with Crippen LogP contribution in [-0.4, -0.2) is 33.6 Å². The molecule has 0 bridgehead atoms. The molecule has 2 amide bonds. The molecule has 0 atom stereocenters. The Labute approximate surface area is 147 Å². The smallest absolute Gasteiger partial charge is 0.321 e. The molecule has 0 saturated carbocycles. The van der Waals surface area contributed by atoms with Gasteiger partial charge in [0.15, 0.2) is 0 Å². The summed E-state index contributed by atoms with van der Waals surface area (Å²) in [5, 5.41) is 2.97. The maximum atomic E-state index is 12.5. The predicted octanol–water partition coefficient (Wildman–Crippen LogP) is 3.97. The van der Waals surface area contributed by atoms with Crippen LogP contribution in [-0.2, 0) is 6.42 Å². The average Bonchev–Trinajstić information content (AvgIpc) is 3.18. The van der Waals surface area contributed by atoms with Crippen LogP contribution in [0.2, 0.25) is 0 Å². The van der Waals surface area contributed by atoms with Gasteiger partial charge in [-0.3, -0.25) is 4.98 Å². The molecule has 5 nitrogen and oxygen atoms in total. The van der Waals surface area contributed by atoms with E-state index in [0.717, 1.165) is 17.8 Å². The van der Waals surface area contributed by atoms with Gasteiger partial charge in [-0.25, -0.2) is 4.79 Å². The fourth-order valence-corrected chi connectivity index (χ4v) is 2.64. The van der Waals surface area contributed by atoms with Crippen LogP contribution in [0, 0.1) is 0 Å². The molecule has 0 radical (unpaired) electrons. The number of rotatable bonds is 6. The predicted molar refractivity (Wildman–Crippen MR) is 100.0 cm³/mol. The van der Waals surface area contributed by atoms with Crippen molar-refractivity contribution in [3.05, 3.63) is 78.9 Å². The van der Waals surface area contributed by atoms with E-state index in [-0.39, 0.29) is 6.03 Å². The van der Waals surface area contributed by atoms with Crippen molar-refractivity contribution >= 4 is 11.7 Å². The van der Waals surface area contributed by atoms with Gasteiger partial charge < -0.3 is 14.8 Å². The van der Waals surface area contributed by atoms with Gasteiger partial charge in [-0.1, -0.05) is 0 Å². The van der Waals surface area contributed by atoms with E-state index >= 15 is 0 Å². The number of carbonyl (C=O) groups is 1. The highest BCUT2D eigenvalue weighted by Crippen LogP contribution is 2.14. The number of anilines is 1. The molecule has 3 aromatic rings.